The number of benzene rings is 2. The average Bonchev–Trinajstić information content (AvgIpc) is 3.12. The number of para-hydroxylation sites is 4. The first-order valence-corrected chi connectivity index (χ1v) is 9.29. The highest BCUT2D eigenvalue weighted by molar-refractivity contribution is 6.02. The van der Waals surface area contributed by atoms with E-state index in [0.29, 0.717) is 17.3 Å². The summed E-state index contributed by atoms with van der Waals surface area (Å²) >= 11 is 0. The lowest BCUT2D eigenvalue weighted by atomic mass is 10.0. The number of nitrogens with one attached hydrogen (secondary N) is 2. The van der Waals surface area contributed by atoms with E-state index in [2.05, 4.69) is 15.3 Å². The van der Waals surface area contributed by atoms with Crippen LogP contribution >= 0.6 is 0 Å². The number of nitrogens with zero attached hydrogens (tertiary/aromatic N) is 2. The van der Waals surface area contributed by atoms with Gasteiger partial charge in [0.2, 0.25) is 5.91 Å². The lowest BCUT2D eigenvalue weighted by Crippen LogP contribution is -2.46. The molecule has 2 heterocycles. The van der Waals surface area contributed by atoms with Crippen LogP contribution in [0.2, 0.25) is 0 Å². The summed E-state index contributed by atoms with van der Waals surface area (Å²) in [5.41, 5.74) is 2.39. The molecule has 1 aromatic heterocycles. The predicted molar refractivity (Wildman–Crippen MR) is 106 cm³/mol. The van der Waals surface area contributed by atoms with Gasteiger partial charge in [-0.1, -0.05) is 38.1 Å². The highest BCUT2D eigenvalue weighted by Gasteiger charge is 2.29. The Morgan fingerprint density at radius 3 is 2.75 bits per heavy atom. The third-order valence-corrected chi connectivity index (χ3v) is 4.80. The monoisotopic (exact) mass is 378 g/mol. The minimum atomic E-state index is -0.286. The van der Waals surface area contributed by atoms with E-state index in [1.165, 1.54) is 4.90 Å². The van der Waals surface area contributed by atoms with Crippen molar-refractivity contribution >= 4 is 28.5 Å². The summed E-state index contributed by atoms with van der Waals surface area (Å²) in [5, 5.41) is 3.02. The second-order valence-corrected chi connectivity index (χ2v) is 7.16. The maximum absolute atomic E-state index is 12.8. The van der Waals surface area contributed by atoms with Crippen molar-refractivity contribution < 1.29 is 14.3 Å². The van der Waals surface area contributed by atoms with Crippen molar-refractivity contribution in [3.63, 3.8) is 0 Å². The second-order valence-electron chi connectivity index (χ2n) is 7.16. The normalized spacial score (nSPS) is 14.7. The fourth-order valence-electron chi connectivity index (χ4n) is 3.36. The summed E-state index contributed by atoms with van der Waals surface area (Å²) < 4.78 is 5.43. The number of hydrogen-bond acceptors (Lipinski definition) is 4. The molecule has 2 amide bonds. The summed E-state index contributed by atoms with van der Waals surface area (Å²) in [4.78, 5) is 34.4. The van der Waals surface area contributed by atoms with E-state index in [1.807, 2.05) is 50.2 Å². The van der Waals surface area contributed by atoms with Crippen LogP contribution in [0.25, 0.3) is 11.0 Å². The van der Waals surface area contributed by atoms with Gasteiger partial charge in [-0.2, -0.15) is 0 Å². The maximum atomic E-state index is 12.8. The van der Waals surface area contributed by atoms with Crippen LogP contribution in [0.4, 0.5) is 5.69 Å². The number of fused-ring (bicyclic) bond motifs is 2. The number of hydrogen-bond donors (Lipinski definition) is 2. The lowest BCUT2D eigenvalue weighted by Gasteiger charge is -2.29. The zero-order chi connectivity index (χ0) is 19.7. The predicted octanol–water partition coefficient (Wildman–Crippen LogP) is 2.80. The molecule has 1 aliphatic rings. The molecule has 0 spiro atoms. The van der Waals surface area contributed by atoms with Gasteiger partial charge in [0.25, 0.3) is 5.91 Å². The van der Waals surface area contributed by atoms with Crippen molar-refractivity contribution in [2.24, 2.45) is 5.92 Å². The number of rotatable bonds is 5. The highest BCUT2D eigenvalue weighted by atomic mass is 16.5. The van der Waals surface area contributed by atoms with E-state index in [0.717, 1.165) is 11.0 Å². The number of ether oxygens (including phenoxy) is 1. The number of imidazole rings is 1. The van der Waals surface area contributed by atoms with Crippen molar-refractivity contribution in [1.82, 2.24) is 15.3 Å². The summed E-state index contributed by atoms with van der Waals surface area (Å²) in [6.07, 6.45) is 0. The van der Waals surface area contributed by atoms with Crippen molar-refractivity contribution in [1.29, 1.82) is 0 Å². The number of carbonyl (C=O) groups is 2. The van der Waals surface area contributed by atoms with Gasteiger partial charge in [-0.15, -0.1) is 0 Å². The Balaban J connectivity index is 1.53. The number of amides is 2. The molecule has 2 aromatic carbocycles. The first-order chi connectivity index (χ1) is 13.5. The molecule has 1 atom stereocenters. The van der Waals surface area contributed by atoms with Crippen molar-refractivity contribution in [2.45, 2.75) is 19.9 Å². The maximum Gasteiger partial charge on any atom is 0.265 e. The molecular weight excluding hydrogens is 356 g/mol. The third kappa shape index (κ3) is 3.43. The largest absolute Gasteiger partial charge is 0.482 e. The fourth-order valence-corrected chi connectivity index (χ4v) is 3.36. The standard InChI is InChI=1S/C21H22N4O3/c1-13(2)20(21-22-14-7-3-4-8-15(14)23-21)24-18(26)11-25-16-9-5-6-10-17(16)28-12-19(25)27/h3-10,13,20H,11-12H2,1-2H3,(H,22,23)(H,24,26)/t20-/m1/s1. The minimum absolute atomic E-state index is 0.0668. The van der Waals surface area contributed by atoms with E-state index in [1.54, 1.807) is 12.1 Å². The highest BCUT2D eigenvalue weighted by Crippen LogP contribution is 2.31. The summed E-state index contributed by atoms with van der Waals surface area (Å²) in [6, 6.07) is 14.7. The molecule has 0 radical (unpaired) electrons. The van der Waals surface area contributed by atoms with E-state index in [4.69, 9.17) is 4.74 Å². The Labute approximate surface area is 162 Å². The van der Waals surface area contributed by atoms with E-state index >= 15 is 0 Å². The molecule has 0 unspecified atom stereocenters. The Hall–Kier alpha value is -3.35. The zero-order valence-corrected chi connectivity index (χ0v) is 15.8. The van der Waals surface area contributed by atoms with Crippen molar-refractivity contribution in [3.05, 3.63) is 54.4 Å². The van der Waals surface area contributed by atoms with Gasteiger partial charge in [0, 0.05) is 0 Å². The Bertz CT molecular complexity index is 994. The Kier molecular flexibility index (Phi) is 4.73. The van der Waals surface area contributed by atoms with E-state index < -0.39 is 0 Å². The molecule has 28 heavy (non-hydrogen) atoms. The van der Waals surface area contributed by atoms with Gasteiger partial charge in [0.1, 0.15) is 18.1 Å². The molecule has 1 aliphatic heterocycles. The van der Waals surface area contributed by atoms with Gasteiger partial charge >= 0.3 is 0 Å². The van der Waals surface area contributed by atoms with Gasteiger partial charge in [-0.25, -0.2) is 4.98 Å². The molecule has 0 bridgehead atoms. The minimum Gasteiger partial charge on any atom is -0.482 e. The first-order valence-electron chi connectivity index (χ1n) is 9.29. The number of aromatic amines is 1. The van der Waals surface area contributed by atoms with Crippen LogP contribution in [0.5, 0.6) is 5.75 Å². The van der Waals surface area contributed by atoms with Gasteiger partial charge in [-0.05, 0) is 30.2 Å². The molecule has 2 N–H and O–H groups in total. The molecule has 7 nitrogen and oxygen atoms in total. The number of anilines is 1. The molecule has 7 heteroatoms. The first kappa shape index (κ1) is 18.0. The molecule has 0 saturated carbocycles. The average molecular weight is 378 g/mol. The van der Waals surface area contributed by atoms with E-state index in [-0.39, 0.29) is 36.9 Å². The van der Waals surface area contributed by atoms with Crippen LogP contribution in [0.1, 0.15) is 25.7 Å². The Morgan fingerprint density at radius 2 is 1.96 bits per heavy atom. The molecule has 0 saturated heterocycles. The topological polar surface area (TPSA) is 87.3 Å². The van der Waals surface area contributed by atoms with Gasteiger partial charge in [-0.3, -0.25) is 14.5 Å². The lowest BCUT2D eigenvalue weighted by molar-refractivity contribution is -0.125. The van der Waals surface area contributed by atoms with E-state index in [9.17, 15) is 9.59 Å². The number of carbonyl (C=O) groups excluding carboxylic acids is 2. The molecule has 3 aromatic rings. The molecule has 144 valence electrons. The molecule has 0 fully saturated rings. The molecule has 4 rings (SSSR count). The van der Waals surface area contributed by atoms with Gasteiger partial charge in [0.15, 0.2) is 6.61 Å². The molecular formula is C21H22N4O3. The quantitative estimate of drug-likeness (QED) is 0.715. The van der Waals surface area contributed by atoms with Crippen molar-refractivity contribution in [3.8, 4) is 5.75 Å². The smallest absolute Gasteiger partial charge is 0.265 e. The van der Waals surface area contributed by atoms with Crippen LogP contribution in [0.15, 0.2) is 48.5 Å². The SMILES string of the molecule is CC(C)[C@@H](NC(=O)CN1C(=O)COc2ccccc21)c1nc2ccccc2[nH]1. The Morgan fingerprint density at radius 1 is 1.21 bits per heavy atom. The van der Waals surface area contributed by atoms with Gasteiger partial charge < -0.3 is 15.0 Å². The molecule has 0 aliphatic carbocycles. The van der Waals surface area contributed by atoms with Crippen LogP contribution < -0.4 is 15.0 Å². The summed E-state index contributed by atoms with van der Waals surface area (Å²) in [6.45, 7) is 3.91. The van der Waals surface area contributed by atoms with Gasteiger partial charge in [0.05, 0.1) is 22.8 Å². The van der Waals surface area contributed by atoms with Crippen LogP contribution in [-0.2, 0) is 9.59 Å². The van der Waals surface area contributed by atoms with Crippen LogP contribution in [-0.4, -0.2) is 34.9 Å². The van der Waals surface area contributed by atoms with Crippen molar-refractivity contribution in [2.75, 3.05) is 18.1 Å². The number of H-pyrrole nitrogens is 1. The van der Waals surface area contributed by atoms with Crippen LogP contribution in [0.3, 0.4) is 0 Å². The second kappa shape index (κ2) is 7.34. The summed E-state index contributed by atoms with van der Waals surface area (Å²) in [7, 11) is 0. The number of aromatic nitrogens is 2. The van der Waals surface area contributed by atoms with Crippen LogP contribution in [0, 0.1) is 5.92 Å². The zero-order valence-electron chi connectivity index (χ0n) is 15.8. The fraction of sp³-hybridized carbons (Fsp3) is 0.286. The summed E-state index contributed by atoms with van der Waals surface area (Å²) in [5.74, 6) is 0.950. The third-order valence-electron chi connectivity index (χ3n) is 4.80.